The van der Waals surface area contributed by atoms with Crippen LogP contribution in [0.1, 0.15) is 16.7 Å². The number of nitrogens with two attached hydrogens (primary N) is 1. The van der Waals surface area contributed by atoms with E-state index in [1.54, 1.807) is 0 Å². The zero-order valence-electron chi connectivity index (χ0n) is 16.0. The topological polar surface area (TPSA) is 109 Å². The van der Waals surface area contributed by atoms with E-state index in [1.807, 2.05) is 4.72 Å². The number of halogens is 6. The number of pyridine rings is 1. The van der Waals surface area contributed by atoms with Gasteiger partial charge in [-0.1, -0.05) is 58.2 Å². The quantitative estimate of drug-likeness (QED) is 0.218. The standard InChI is InChI=1S/C20H10Cl4F2N4O2S/c21-12-6-13(22)17(24)19(16(12)23)33(31,32)30-15-4-3-14(25)11(18(15)26)2-1-9-5-10(7-27)20(28)29-8-9/h3-8,27,30H,(H2,28,29). The number of nitrogens with one attached hydrogen (secondary N) is 2. The fourth-order valence-corrected chi connectivity index (χ4v) is 5.31. The van der Waals surface area contributed by atoms with Crippen molar-refractivity contribution in [1.82, 2.24) is 4.98 Å². The van der Waals surface area contributed by atoms with Gasteiger partial charge >= 0.3 is 0 Å². The van der Waals surface area contributed by atoms with Crippen molar-refractivity contribution in [1.29, 1.82) is 5.41 Å². The van der Waals surface area contributed by atoms with E-state index in [1.165, 1.54) is 12.3 Å². The number of hydrogen-bond acceptors (Lipinski definition) is 5. The van der Waals surface area contributed by atoms with Gasteiger partial charge in [0.25, 0.3) is 10.0 Å². The second kappa shape index (κ2) is 9.71. The highest BCUT2D eigenvalue weighted by molar-refractivity contribution is 7.93. The lowest BCUT2D eigenvalue weighted by atomic mass is 10.1. The van der Waals surface area contributed by atoms with Crippen molar-refractivity contribution in [3.63, 3.8) is 0 Å². The first-order valence-corrected chi connectivity index (χ1v) is 11.6. The summed E-state index contributed by atoms with van der Waals surface area (Å²) < 4.78 is 56.9. The Morgan fingerprint density at radius 3 is 2.30 bits per heavy atom. The molecule has 3 rings (SSSR count). The lowest BCUT2D eigenvalue weighted by Crippen LogP contribution is -2.16. The summed E-state index contributed by atoms with van der Waals surface area (Å²) in [5.41, 5.74) is 4.73. The molecule has 0 bridgehead atoms. The molecule has 170 valence electrons. The predicted octanol–water partition coefficient (Wildman–Crippen LogP) is 5.75. The molecule has 2 aromatic carbocycles. The van der Waals surface area contributed by atoms with Gasteiger partial charge in [-0.05, 0) is 24.3 Å². The number of benzene rings is 2. The molecule has 0 aliphatic heterocycles. The molecule has 0 fully saturated rings. The van der Waals surface area contributed by atoms with Gasteiger partial charge in [-0.2, -0.15) is 0 Å². The molecule has 0 unspecified atom stereocenters. The third-order valence-corrected chi connectivity index (χ3v) is 7.35. The summed E-state index contributed by atoms with van der Waals surface area (Å²) in [6.45, 7) is 0. The van der Waals surface area contributed by atoms with E-state index in [0.717, 1.165) is 24.4 Å². The second-order valence-corrected chi connectivity index (χ2v) is 9.47. The van der Waals surface area contributed by atoms with Crippen molar-refractivity contribution in [3.8, 4) is 11.8 Å². The highest BCUT2D eigenvalue weighted by atomic mass is 35.5. The monoisotopic (exact) mass is 548 g/mol. The first-order chi connectivity index (χ1) is 15.5. The third kappa shape index (κ3) is 5.16. The molecule has 6 nitrogen and oxygen atoms in total. The Bertz CT molecular complexity index is 1450. The van der Waals surface area contributed by atoms with Crippen LogP contribution in [0.15, 0.2) is 35.4 Å². The molecule has 33 heavy (non-hydrogen) atoms. The molecule has 13 heteroatoms. The van der Waals surface area contributed by atoms with Crippen LogP contribution < -0.4 is 10.5 Å². The summed E-state index contributed by atoms with van der Waals surface area (Å²) >= 11 is 23.7. The first kappa shape index (κ1) is 25.0. The fraction of sp³-hybridized carbons (Fsp3) is 0. The largest absolute Gasteiger partial charge is 0.383 e. The molecule has 0 amide bonds. The van der Waals surface area contributed by atoms with Gasteiger partial charge in [0.05, 0.1) is 31.3 Å². The van der Waals surface area contributed by atoms with E-state index in [-0.39, 0.29) is 27.0 Å². The minimum Gasteiger partial charge on any atom is -0.383 e. The van der Waals surface area contributed by atoms with E-state index in [9.17, 15) is 17.2 Å². The zero-order valence-corrected chi connectivity index (χ0v) is 19.8. The lowest BCUT2D eigenvalue weighted by Gasteiger charge is -2.14. The first-order valence-electron chi connectivity index (χ1n) is 8.58. The van der Waals surface area contributed by atoms with Gasteiger partial charge in [-0.3, -0.25) is 4.72 Å². The van der Waals surface area contributed by atoms with Gasteiger partial charge in [0.15, 0.2) is 5.82 Å². The Hall–Kier alpha value is -2.61. The molecule has 0 atom stereocenters. The maximum absolute atomic E-state index is 15.0. The number of nitrogens with zero attached hydrogens (tertiary/aromatic N) is 1. The Balaban J connectivity index is 2.05. The summed E-state index contributed by atoms with van der Waals surface area (Å²) in [7, 11) is -4.59. The number of rotatable bonds is 4. The van der Waals surface area contributed by atoms with Gasteiger partial charge in [0.2, 0.25) is 0 Å². The van der Waals surface area contributed by atoms with Crippen molar-refractivity contribution in [2.24, 2.45) is 0 Å². The molecule has 0 saturated heterocycles. The van der Waals surface area contributed by atoms with E-state index < -0.39 is 47.8 Å². The Morgan fingerprint density at radius 2 is 1.70 bits per heavy atom. The number of aromatic nitrogens is 1. The van der Waals surface area contributed by atoms with Crippen LogP contribution in [-0.2, 0) is 10.0 Å². The molecule has 1 aromatic heterocycles. The van der Waals surface area contributed by atoms with Crippen molar-refractivity contribution in [2.75, 3.05) is 10.5 Å². The predicted molar refractivity (Wildman–Crippen MR) is 126 cm³/mol. The zero-order chi connectivity index (χ0) is 24.5. The highest BCUT2D eigenvalue weighted by Crippen LogP contribution is 2.40. The van der Waals surface area contributed by atoms with Crippen LogP contribution in [0.2, 0.25) is 20.1 Å². The maximum Gasteiger partial charge on any atom is 0.265 e. The van der Waals surface area contributed by atoms with Crippen LogP contribution in [0.4, 0.5) is 20.3 Å². The summed E-state index contributed by atoms with van der Waals surface area (Å²) in [6, 6.07) is 4.23. The summed E-state index contributed by atoms with van der Waals surface area (Å²) in [6.07, 6.45) is 2.20. The van der Waals surface area contributed by atoms with Crippen LogP contribution in [0.3, 0.4) is 0 Å². The average Bonchev–Trinajstić information content (AvgIpc) is 2.75. The fourth-order valence-electron chi connectivity index (χ4n) is 2.54. The number of anilines is 2. The number of nitrogen functional groups attached to an aromatic ring is 1. The molecule has 0 radical (unpaired) electrons. The van der Waals surface area contributed by atoms with Crippen molar-refractivity contribution < 1.29 is 17.2 Å². The second-order valence-electron chi connectivity index (χ2n) is 6.28. The van der Waals surface area contributed by atoms with Crippen molar-refractivity contribution in [2.45, 2.75) is 4.90 Å². The summed E-state index contributed by atoms with van der Waals surface area (Å²) in [4.78, 5) is 3.16. The molecular formula is C20H10Cl4F2N4O2S. The molecule has 1 heterocycles. The van der Waals surface area contributed by atoms with Gasteiger partial charge in [-0.15, -0.1) is 0 Å². The summed E-state index contributed by atoms with van der Waals surface area (Å²) in [5, 5.41) is 6.02. The molecule has 4 N–H and O–H groups in total. The molecule has 3 aromatic rings. The van der Waals surface area contributed by atoms with Crippen LogP contribution in [-0.4, -0.2) is 19.6 Å². The van der Waals surface area contributed by atoms with E-state index in [4.69, 9.17) is 57.5 Å². The van der Waals surface area contributed by atoms with Gasteiger partial charge in [-0.25, -0.2) is 22.2 Å². The smallest absolute Gasteiger partial charge is 0.265 e. The van der Waals surface area contributed by atoms with Crippen LogP contribution in [0.5, 0.6) is 0 Å². The summed E-state index contributed by atoms with van der Waals surface area (Å²) in [5.74, 6) is 2.54. The molecule has 0 saturated carbocycles. The minimum atomic E-state index is -4.59. The van der Waals surface area contributed by atoms with Gasteiger partial charge in [0.1, 0.15) is 16.5 Å². The van der Waals surface area contributed by atoms with Gasteiger partial charge in [0, 0.05) is 23.5 Å². The average molecular weight is 550 g/mol. The maximum atomic E-state index is 15.0. The minimum absolute atomic E-state index is 0.0859. The van der Waals surface area contributed by atoms with E-state index in [2.05, 4.69) is 16.8 Å². The van der Waals surface area contributed by atoms with Crippen LogP contribution in [0, 0.1) is 28.9 Å². The highest BCUT2D eigenvalue weighted by Gasteiger charge is 2.27. The van der Waals surface area contributed by atoms with Crippen molar-refractivity contribution >= 4 is 74.1 Å². The van der Waals surface area contributed by atoms with Crippen molar-refractivity contribution in [3.05, 3.63) is 78.9 Å². The normalized spacial score (nSPS) is 11.0. The Morgan fingerprint density at radius 1 is 1.06 bits per heavy atom. The third-order valence-electron chi connectivity index (χ3n) is 4.11. The van der Waals surface area contributed by atoms with Crippen LogP contribution >= 0.6 is 46.4 Å². The molecular weight excluding hydrogens is 540 g/mol. The van der Waals surface area contributed by atoms with E-state index >= 15 is 0 Å². The van der Waals surface area contributed by atoms with E-state index in [0.29, 0.717) is 0 Å². The molecule has 0 spiro atoms. The Kier molecular flexibility index (Phi) is 7.36. The SMILES string of the molecule is N=Cc1cc(C#Cc2c(F)ccc(NS(=O)(=O)c3c(Cl)c(Cl)cc(Cl)c3Cl)c2F)cnc1N. The number of hydrogen-bond donors (Lipinski definition) is 3. The van der Waals surface area contributed by atoms with Gasteiger partial charge < -0.3 is 11.1 Å². The number of sulfonamides is 1. The van der Waals surface area contributed by atoms with Crippen LogP contribution in [0.25, 0.3) is 0 Å². The lowest BCUT2D eigenvalue weighted by molar-refractivity contribution is 0.578. The molecule has 0 aliphatic rings. The Labute approximate surface area is 207 Å². The molecule has 0 aliphatic carbocycles.